The summed E-state index contributed by atoms with van der Waals surface area (Å²) in [5, 5.41) is 5.03. The molecule has 116 valence electrons. The van der Waals surface area contributed by atoms with Crippen LogP contribution in [0.5, 0.6) is 0 Å². The molecular formula is C13H19N3O3S2. The Balaban J connectivity index is 1.63. The Morgan fingerprint density at radius 3 is 2.67 bits per heavy atom. The Morgan fingerprint density at radius 1 is 1.43 bits per heavy atom. The number of sulfonamides is 1. The maximum Gasteiger partial charge on any atom is 0.250 e. The van der Waals surface area contributed by atoms with Gasteiger partial charge in [-0.15, -0.1) is 11.3 Å². The lowest BCUT2D eigenvalue weighted by molar-refractivity contribution is -0.131. The van der Waals surface area contributed by atoms with E-state index < -0.39 is 16.1 Å². The number of nitrogens with one attached hydrogen (secondary N) is 2. The topological polar surface area (TPSA) is 78.5 Å². The zero-order valence-corrected chi connectivity index (χ0v) is 13.4. The Labute approximate surface area is 128 Å². The molecule has 0 aromatic carbocycles. The third-order valence-corrected chi connectivity index (χ3v) is 7.10. The fourth-order valence-corrected chi connectivity index (χ4v) is 5.27. The predicted octanol–water partition coefficient (Wildman–Crippen LogP) is 0.0927. The van der Waals surface area contributed by atoms with Gasteiger partial charge in [0, 0.05) is 26.2 Å². The second-order valence-corrected chi connectivity index (χ2v) is 8.59. The highest BCUT2D eigenvalue weighted by Gasteiger charge is 2.39. The van der Waals surface area contributed by atoms with Gasteiger partial charge in [-0.3, -0.25) is 4.79 Å². The van der Waals surface area contributed by atoms with Crippen molar-refractivity contribution >= 4 is 27.3 Å². The number of nitrogens with zero attached hydrogens (tertiary/aromatic N) is 1. The Morgan fingerprint density at radius 2 is 2.10 bits per heavy atom. The minimum atomic E-state index is -3.60. The third-order valence-electron chi connectivity index (χ3n) is 4.16. The van der Waals surface area contributed by atoms with Crippen LogP contribution in [0.1, 0.15) is 6.92 Å². The normalized spacial score (nSPS) is 26.8. The monoisotopic (exact) mass is 329 g/mol. The van der Waals surface area contributed by atoms with Crippen LogP contribution in [0, 0.1) is 11.8 Å². The minimum absolute atomic E-state index is 0.135. The summed E-state index contributed by atoms with van der Waals surface area (Å²) in [6.07, 6.45) is 0. The van der Waals surface area contributed by atoms with E-state index in [9.17, 15) is 13.2 Å². The molecule has 2 aliphatic rings. The van der Waals surface area contributed by atoms with Gasteiger partial charge in [0.15, 0.2) is 0 Å². The maximum absolute atomic E-state index is 12.4. The van der Waals surface area contributed by atoms with Gasteiger partial charge in [-0.1, -0.05) is 6.07 Å². The molecule has 1 aromatic rings. The van der Waals surface area contributed by atoms with Crippen molar-refractivity contribution in [2.24, 2.45) is 11.8 Å². The van der Waals surface area contributed by atoms with E-state index in [2.05, 4.69) is 10.0 Å². The fourth-order valence-electron chi connectivity index (χ4n) is 3.07. The highest BCUT2D eigenvalue weighted by Crippen LogP contribution is 2.26. The zero-order valence-electron chi connectivity index (χ0n) is 11.8. The summed E-state index contributed by atoms with van der Waals surface area (Å²) in [7, 11) is -3.60. The van der Waals surface area contributed by atoms with Gasteiger partial charge in [-0.2, -0.15) is 4.72 Å². The summed E-state index contributed by atoms with van der Waals surface area (Å²) in [4.78, 5) is 14.2. The first-order chi connectivity index (χ1) is 9.97. The number of hydrogen-bond donors (Lipinski definition) is 2. The maximum atomic E-state index is 12.4. The Hall–Kier alpha value is -0.960. The number of thiophene rings is 1. The predicted molar refractivity (Wildman–Crippen MR) is 80.5 cm³/mol. The van der Waals surface area contributed by atoms with Gasteiger partial charge in [-0.05, 0) is 30.2 Å². The van der Waals surface area contributed by atoms with Crippen molar-refractivity contribution in [3.63, 3.8) is 0 Å². The molecule has 3 heterocycles. The highest BCUT2D eigenvalue weighted by atomic mass is 32.2. The van der Waals surface area contributed by atoms with E-state index in [0.29, 0.717) is 11.8 Å². The van der Waals surface area contributed by atoms with Crippen LogP contribution in [0.4, 0.5) is 0 Å². The summed E-state index contributed by atoms with van der Waals surface area (Å²) in [5.41, 5.74) is 0. The molecule has 2 aliphatic heterocycles. The first-order valence-electron chi connectivity index (χ1n) is 7.03. The van der Waals surface area contributed by atoms with Gasteiger partial charge >= 0.3 is 0 Å². The van der Waals surface area contributed by atoms with Gasteiger partial charge in [0.05, 0.1) is 6.04 Å². The van der Waals surface area contributed by atoms with Crippen molar-refractivity contribution in [2.75, 3.05) is 26.2 Å². The third kappa shape index (κ3) is 2.98. The molecule has 0 saturated carbocycles. The van der Waals surface area contributed by atoms with Crippen molar-refractivity contribution in [1.29, 1.82) is 0 Å². The second-order valence-electron chi connectivity index (χ2n) is 5.70. The van der Waals surface area contributed by atoms with Crippen molar-refractivity contribution in [3.8, 4) is 0 Å². The van der Waals surface area contributed by atoms with Gasteiger partial charge < -0.3 is 10.2 Å². The molecule has 3 atom stereocenters. The quantitative estimate of drug-likeness (QED) is 0.821. The Bertz CT molecular complexity index is 603. The molecule has 21 heavy (non-hydrogen) atoms. The standard InChI is InChI=1S/C13H19N3O3S2/c1-9(15-21(18,19)12-3-2-4-20-12)13(17)16-7-10-5-14-6-11(10)8-16/h2-4,9-11,14-15H,5-8H2,1H3/t9?,10-,11+. The lowest BCUT2D eigenvalue weighted by Crippen LogP contribution is -2.46. The van der Waals surface area contributed by atoms with Crippen molar-refractivity contribution in [1.82, 2.24) is 14.9 Å². The number of hydrogen-bond acceptors (Lipinski definition) is 5. The molecule has 0 spiro atoms. The van der Waals surface area contributed by atoms with E-state index in [-0.39, 0.29) is 10.1 Å². The largest absolute Gasteiger partial charge is 0.341 e. The number of rotatable bonds is 4. The van der Waals surface area contributed by atoms with E-state index in [1.165, 1.54) is 6.07 Å². The number of amides is 1. The highest BCUT2D eigenvalue weighted by molar-refractivity contribution is 7.91. The molecule has 1 unspecified atom stereocenters. The molecular weight excluding hydrogens is 310 g/mol. The van der Waals surface area contributed by atoms with Crippen LogP contribution in [0.2, 0.25) is 0 Å². The van der Waals surface area contributed by atoms with E-state index in [1.54, 1.807) is 23.3 Å². The van der Waals surface area contributed by atoms with Gasteiger partial charge in [0.2, 0.25) is 5.91 Å². The molecule has 2 fully saturated rings. The molecule has 8 heteroatoms. The first kappa shape index (κ1) is 15.0. The SMILES string of the molecule is CC(NS(=O)(=O)c1cccs1)C(=O)N1C[C@H]2CNC[C@H]2C1. The summed E-state index contributed by atoms with van der Waals surface area (Å²) < 4.78 is 27.0. The number of carbonyl (C=O) groups is 1. The van der Waals surface area contributed by atoms with Crippen LogP contribution in [-0.2, 0) is 14.8 Å². The average molecular weight is 329 g/mol. The summed E-state index contributed by atoms with van der Waals surface area (Å²) >= 11 is 1.15. The average Bonchev–Trinajstić information content (AvgIpc) is 3.13. The molecule has 1 amide bonds. The molecule has 6 nitrogen and oxygen atoms in total. The zero-order chi connectivity index (χ0) is 15.0. The van der Waals surface area contributed by atoms with Crippen LogP contribution in [0.15, 0.2) is 21.7 Å². The minimum Gasteiger partial charge on any atom is -0.341 e. The Kier molecular flexibility index (Phi) is 4.04. The first-order valence-corrected chi connectivity index (χ1v) is 9.39. The summed E-state index contributed by atoms with van der Waals surface area (Å²) in [5.74, 6) is 0.884. The van der Waals surface area contributed by atoms with Crippen molar-refractivity contribution < 1.29 is 13.2 Å². The lowest BCUT2D eigenvalue weighted by Gasteiger charge is -2.22. The van der Waals surface area contributed by atoms with E-state index in [0.717, 1.165) is 37.5 Å². The number of carbonyl (C=O) groups excluding carboxylic acids is 1. The van der Waals surface area contributed by atoms with E-state index in [4.69, 9.17) is 0 Å². The fraction of sp³-hybridized carbons (Fsp3) is 0.615. The van der Waals surface area contributed by atoms with Crippen molar-refractivity contribution in [3.05, 3.63) is 17.5 Å². The molecule has 2 saturated heterocycles. The van der Waals surface area contributed by atoms with E-state index in [1.807, 2.05) is 0 Å². The molecule has 0 radical (unpaired) electrons. The van der Waals surface area contributed by atoms with Gasteiger partial charge in [0.25, 0.3) is 10.0 Å². The number of fused-ring (bicyclic) bond motifs is 1. The molecule has 0 aliphatic carbocycles. The van der Waals surface area contributed by atoms with Gasteiger partial charge in [-0.25, -0.2) is 8.42 Å². The second kappa shape index (κ2) is 5.68. The van der Waals surface area contributed by atoms with Crippen molar-refractivity contribution in [2.45, 2.75) is 17.2 Å². The van der Waals surface area contributed by atoms with Crippen LogP contribution in [0.25, 0.3) is 0 Å². The molecule has 3 rings (SSSR count). The van der Waals surface area contributed by atoms with Crippen LogP contribution < -0.4 is 10.0 Å². The lowest BCUT2D eigenvalue weighted by atomic mass is 10.0. The summed E-state index contributed by atoms with van der Waals surface area (Å²) in [6.45, 7) is 4.95. The molecule has 0 bridgehead atoms. The molecule has 1 aromatic heterocycles. The smallest absolute Gasteiger partial charge is 0.250 e. The van der Waals surface area contributed by atoms with Gasteiger partial charge in [0.1, 0.15) is 4.21 Å². The van der Waals surface area contributed by atoms with Crippen LogP contribution >= 0.6 is 11.3 Å². The molecule has 2 N–H and O–H groups in total. The number of likely N-dealkylation sites (tertiary alicyclic amines) is 1. The summed E-state index contributed by atoms with van der Waals surface area (Å²) in [6, 6.07) is 2.49. The van der Waals surface area contributed by atoms with E-state index >= 15 is 0 Å². The van der Waals surface area contributed by atoms with Crippen LogP contribution in [-0.4, -0.2) is 51.4 Å². The van der Waals surface area contributed by atoms with Crippen LogP contribution in [0.3, 0.4) is 0 Å².